The summed E-state index contributed by atoms with van der Waals surface area (Å²) < 4.78 is 13.1. The van der Waals surface area contributed by atoms with Gasteiger partial charge < -0.3 is 19.9 Å². The third-order valence-electron chi connectivity index (χ3n) is 8.42. The molecule has 3 atom stereocenters. The highest BCUT2D eigenvalue weighted by atomic mass is 16.7. The normalized spacial score (nSPS) is 20.9. The van der Waals surface area contributed by atoms with E-state index in [4.69, 9.17) is 14.7 Å². The number of benzene rings is 3. The maximum absolute atomic E-state index is 12.6. The lowest BCUT2D eigenvalue weighted by Gasteiger charge is -2.41. The quantitative estimate of drug-likeness (QED) is 0.125. The van der Waals surface area contributed by atoms with Crippen molar-refractivity contribution in [3.05, 3.63) is 101 Å². The SMILES string of the molecule is O=C(CCCCC(=O)Nc1cccc(C2OC(CN3CCN(Cc4ccccc4)CC3)CC(c3ccc(CO)cc3)O2)c1)NO. The number of aliphatic hydroxyl groups is 1. The van der Waals surface area contributed by atoms with Gasteiger partial charge in [-0.1, -0.05) is 66.7 Å². The van der Waals surface area contributed by atoms with Gasteiger partial charge in [0.25, 0.3) is 0 Å². The van der Waals surface area contributed by atoms with E-state index in [0.29, 0.717) is 24.9 Å². The van der Waals surface area contributed by atoms with E-state index in [0.717, 1.165) is 56.0 Å². The summed E-state index contributed by atoms with van der Waals surface area (Å²) >= 11 is 0. The fourth-order valence-corrected chi connectivity index (χ4v) is 5.91. The van der Waals surface area contributed by atoms with E-state index in [1.54, 1.807) is 5.48 Å². The van der Waals surface area contributed by atoms with Gasteiger partial charge in [0, 0.05) is 69.8 Å². The van der Waals surface area contributed by atoms with E-state index < -0.39 is 12.2 Å². The number of nitrogens with zero attached hydrogens (tertiary/aromatic N) is 2. The van der Waals surface area contributed by atoms with Gasteiger partial charge in [0.1, 0.15) is 0 Å². The number of piperazine rings is 1. The lowest BCUT2D eigenvalue weighted by molar-refractivity contribution is -0.253. The number of aliphatic hydroxyl groups excluding tert-OH is 1. The Hall–Kier alpha value is -3.64. The molecule has 4 N–H and O–H groups in total. The molecule has 240 valence electrons. The Morgan fingerprint density at radius 1 is 0.778 bits per heavy atom. The lowest BCUT2D eigenvalue weighted by atomic mass is 9.99. The van der Waals surface area contributed by atoms with Gasteiger partial charge in [-0.2, -0.15) is 0 Å². The first-order valence-corrected chi connectivity index (χ1v) is 15.8. The van der Waals surface area contributed by atoms with E-state index in [-0.39, 0.29) is 37.6 Å². The fourth-order valence-electron chi connectivity index (χ4n) is 5.91. The van der Waals surface area contributed by atoms with Crippen molar-refractivity contribution in [3.63, 3.8) is 0 Å². The summed E-state index contributed by atoms with van der Waals surface area (Å²) in [4.78, 5) is 28.7. The predicted molar refractivity (Wildman–Crippen MR) is 170 cm³/mol. The maximum Gasteiger partial charge on any atom is 0.243 e. The average molecular weight is 617 g/mol. The number of ether oxygens (including phenoxy) is 2. The molecular weight excluding hydrogens is 572 g/mol. The van der Waals surface area contributed by atoms with E-state index >= 15 is 0 Å². The highest BCUT2D eigenvalue weighted by Crippen LogP contribution is 2.38. The molecule has 2 amide bonds. The molecule has 0 saturated carbocycles. The molecule has 2 saturated heterocycles. The molecule has 10 nitrogen and oxygen atoms in total. The molecule has 2 aliphatic heterocycles. The number of hydroxylamine groups is 1. The van der Waals surface area contributed by atoms with Crippen LogP contribution in [0.5, 0.6) is 0 Å². The number of hydrogen-bond donors (Lipinski definition) is 4. The summed E-state index contributed by atoms with van der Waals surface area (Å²) in [6, 6.07) is 26.0. The highest BCUT2D eigenvalue weighted by Gasteiger charge is 2.34. The van der Waals surface area contributed by atoms with Crippen LogP contribution >= 0.6 is 0 Å². The van der Waals surface area contributed by atoms with E-state index in [9.17, 15) is 14.7 Å². The van der Waals surface area contributed by atoms with Crippen LogP contribution in [0, 0.1) is 0 Å². The molecule has 0 aliphatic carbocycles. The van der Waals surface area contributed by atoms with Crippen LogP contribution < -0.4 is 10.8 Å². The van der Waals surface area contributed by atoms with Crippen molar-refractivity contribution in [2.75, 3.05) is 38.0 Å². The molecule has 10 heteroatoms. The molecule has 0 aromatic heterocycles. The Morgan fingerprint density at radius 3 is 2.20 bits per heavy atom. The smallest absolute Gasteiger partial charge is 0.243 e. The van der Waals surface area contributed by atoms with Crippen LogP contribution in [0.4, 0.5) is 5.69 Å². The van der Waals surface area contributed by atoms with E-state index in [1.165, 1.54) is 5.56 Å². The molecule has 0 spiro atoms. The minimum atomic E-state index is -0.612. The van der Waals surface area contributed by atoms with Gasteiger partial charge in [-0.25, -0.2) is 5.48 Å². The van der Waals surface area contributed by atoms with Gasteiger partial charge >= 0.3 is 0 Å². The first-order valence-electron chi connectivity index (χ1n) is 15.8. The number of carbonyl (C=O) groups is 2. The summed E-state index contributed by atoms with van der Waals surface area (Å²) in [5.41, 5.74) is 6.31. The molecule has 3 aromatic carbocycles. The largest absolute Gasteiger partial charge is 0.392 e. The van der Waals surface area contributed by atoms with Crippen molar-refractivity contribution in [1.82, 2.24) is 15.3 Å². The lowest BCUT2D eigenvalue weighted by Crippen LogP contribution is -2.49. The van der Waals surface area contributed by atoms with Gasteiger partial charge in [0.05, 0.1) is 18.8 Å². The zero-order chi connectivity index (χ0) is 31.4. The van der Waals surface area contributed by atoms with Gasteiger partial charge in [0.15, 0.2) is 6.29 Å². The molecule has 5 rings (SSSR count). The van der Waals surface area contributed by atoms with Crippen molar-refractivity contribution in [3.8, 4) is 0 Å². The minimum Gasteiger partial charge on any atom is -0.392 e. The molecule has 0 radical (unpaired) electrons. The monoisotopic (exact) mass is 616 g/mol. The van der Waals surface area contributed by atoms with E-state index in [2.05, 4.69) is 45.4 Å². The van der Waals surface area contributed by atoms with Crippen LogP contribution in [0.25, 0.3) is 0 Å². The molecule has 45 heavy (non-hydrogen) atoms. The van der Waals surface area contributed by atoms with Gasteiger partial charge in [0.2, 0.25) is 11.8 Å². The third-order valence-corrected chi connectivity index (χ3v) is 8.42. The number of hydrogen-bond acceptors (Lipinski definition) is 8. The second kappa shape index (κ2) is 16.6. The van der Waals surface area contributed by atoms with Crippen LogP contribution in [-0.2, 0) is 32.2 Å². The Bertz CT molecular complexity index is 1360. The summed E-state index contributed by atoms with van der Waals surface area (Å²) in [5.74, 6) is -0.602. The topological polar surface area (TPSA) is 124 Å². The summed E-state index contributed by atoms with van der Waals surface area (Å²) in [7, 11) is 0. The van der Waals surface area contributed by atoms with Crippen molar-refractivity contribution in [2.45, 2.75) is 63.8 Å². The van der Waals surface area contributed by atoms with Crippen LogP contribution in [-0.4, -0.2) is 70.8 Å². The summed E-state index contributed by atoms with van der Waals surface area (Å²) in [6.07, 6.45) is 1.34. The summed E-state index contributed by atoms with van der Waals surface area (Å²) in [5, 5.41) is 21.1. The number of unbranched alkanes of at least 4 members (excludes halogenated alkanes) is 1. The Labute approximate surface area is 264 Å². The molecule has 2 aliphatic rings. The van der Waals surface area contributed by atoms with Crippen molar-refractivity contribution < 1.29 is 29.4 Å². The van der Waals surface area contributed by atoms with Crippen molar-refractivity contribution in [1.29, 1.82) is 0 Å². The molecule has 2 fully saturated rings. The highest BCUT2D eigenvalue weighted by molar-refractivity contribution is 5.90. The molecular formula is C35H44N4O6. The standard InChI is InChI=1S/C35H44N4O6/c40-25-27-13-15-28(16-14-27)32-22-31(24-39-19-17-38(18-20-39)23-26-7-2-1-3-8-26)44-35(45-32)29-9-6-10-30(21-29)36-33(41)11-4-5-12-34(42)37-43/h1-3,6-10,13-16,21,31-32,35,40,43H,4-5,11-12,17-20,22-25H2,(H,36,41)(H,37,42). The fraction of sp³-hybridized carbons (Fsp3) is 0.429. The minimum absolute atomic E-state index is 0.00702. The summed E-state index contributed by atoms with van der Waals surface area (Å²) in [6.45, 7) is 5.71. The second-order valence-electron chi connectivity index (χ2n) is 11.8. The van der Waals surface area contributed by atoms with Crippen LogP contribution in [0.2, 0.25) is 0 Å². The van der Waals surface area contributed by atoms with E-state index in [1.807, 2.05) is 48.5 Å². The number of carbonyl (C=O) groups excluding carboxylic acids is 2. The Balaban J connectivity index is 1.21. The van der Waals surface area contributed by atoms with Crippen LogP contribution in [0.3, 0.4) is 0 Å². The van der Waals surface area contributed by atoms with Crippen LogP contribution in [0.15, 0.2) is 78.9 Å². The van der Waals surface area contributed by atoms with Crippen molar-refractivity contribution >= 4 is 17.5 Å². The van der Waals surface area contributed by atoms with Gasteiger partial charge in [-0.15, -0.1) is 0 Å². The number of amides is 2. The molecule has 3 aromatic rings. The first kappa shape index (κ1) is 32.7. The van der Waals surface area contributed by atoms with Gasteiger partial charge in [-0.3, -0.25) is 24.6 Å². The van der Waals surface area contributed by atoms with Crippen molar-refractivity contribution in [2.24, 2.45) is 0 Å². The first-order chi connectivity index (χ1) is 22.0. The number of anilines is 1. The molecule has 0 bridgehead atoms. The average Bonchev–Trinajstić information content (AvgIpc) is 3.08. The number of nitrogens with one attached hydrogen (secondary N) is 2. The zero-order valence-corrected chi connectivity index (χ0v) is 25.6. The Kier molecular flexibility index (Phi) is 12.1. The predicted octanol–water partition coefficient (Wildman–Crippen LogP) is 4.55. The number of rotatable bonds is 13. The molecule has 2 heterocycles. The third kappa shape index (κ3) is 9.92. The second-order valence-corrected chi connectivity index (χ2v) is 11.8. The van der Waals surface area contributed by atoms with Gasteiger partial charge in [-0.05, 0) is 41.7 Å². The Morgan fingerprint density at radius 2 is 1.49 bits per heavy atom. The zero-order valence-electron chi connectivity index (χ0n) is 25.6. The maximum atomic E-state index is 12.6. The molecule has 3 unspecified atom stereocenters. The van der Waals surface area contributed by atoms with Crippen LogP contribution in [0.1, 0.15) is 66.8 Å².